The summed E-state index contributed by atoms with van der Waals surface area (Å²) >= 11 is 0. The number of hydrogen-bond acceptors (Lipinski definition) is 3. The van der Waals surface area contributed by atoms with E-state index in [-0.39, 0.29) is 6.10 Å². The van der Waals surface area contributed by atoms with E-state index in [1.807, 2.05) is 18.2 Å². The SMILES string of the molecule is CCC(OC)c1cc(OC)cc(OC)c1. The van der Waals surface area contributed by atoms with Gasteiger partial charge in [-0.3, -0.25) is 0 Å². The third-order valence-electron chi connectivity index (χ3n) is 2.40. The van der Waals surface area contributed by atoms with Crippen molar-refractivity contribution in [2.45, 2.75) is 19.4 Å². The average molecular weight is 210 g/mol. The zero-order valence-electron chi connectivity index (χ0n) is 9.74. The molecule has 0 bridgehead atoms. The quantitative estimate of drug-likeness (QED) is 0.748. The summed E-state index contributed by atoms with van der Waals surface area (Å²) in [7, 11) is 5.00. The second-order valence-corrected chi connectivity index (χ2v) is 3.28. The summed E-state index contributed by atoms with van der Waals surface area (Å²) in [6, 6.07) is 5.80. The predicted octanol–water partition coefficient (Wildman–Crippen LogP) is 2.80. The van der Waals surface area contributed by atoms with Crippen molar-refractivity contribution in [1.29, 1.82) is 0 Å². The molecular formula is C12H18O3. The van der Waals surface area contributed by atoms with Crippen molar-refractivity contribution in [1.82, 2.24) is 0 Å². The predicted molar refractivity (Wildman–Crippen MR) is 59.6 cm³/mol. The van der Waals surface area contributed by atoms with Gasteiger partial charge < -0.3 is 14.2 Å². The molecule has 3 nitrogen and oxygen atoms in total. The fraction of sp³-hybridized carbons (Fsp3) is 0.500. The van der Waals surface area contributed by atoms with Crippen LogP contribution in [0, 0.1) is 0 Å². The van der Waals surface area contributed by atoms with Crippen molar-refractivity contribution >= 4 is 0 Å². The summed E-state index contributed by atoms with van der Waals surface area (Å²) in [5.74, 6) is 1.58. The molecule has 0 aliphatic heterocycles. The Morgan fingerprint density at radius 3 is 1.87 bits per heavy atom. The van der Waals surface area contributed by atoms with Gasteiger partial charge in [0.25, 0.3) is 0 Å². The Labute approximate surface area is 91.0 Å². The van der Waals surface area contributed by atoms with Crippen LogP contribution >= 0.6 is 0 Å². The van der Waals surface area contributed by atoms with E-state index < -0.39 is 0 Å². The van der Waals surface area contributed by atoms with Gasteiger partial charge in [0.2, 0.25) is 0 Å². The zero-order valence-corrected chi connectivity index (χ0v) is 9.74. The third-order valence-corrected chi connectivity index (χ3v) is 2.40. The molecule has 1 unspecified atom stereocenters. The van der Waals surface area contributed by atoms with Crippen LogP contribution < -0.4 is 9.47 Å². The van der Waals surface area contributed by atoms with Crippen molar-refractivity contribution in [2.24, 2.45) is 0 Å². The van der Waals surface area contributed by atoms with Crippen molar-refractivity contribution in [2.75, 3.05) is 21.3 Å². The van der Waals surface area contributed by atoms with Gasteiger partial charge in [0.05, 0.1) is 20.3 Å². The van der Waals surface area contributed by atoms with Gasteiger partial charge in [0, 0.05) is 13.2 Å². The average Bonchev–Trinajstić information content (AvgIpc) is 2.30. The van der Waals surface area contributed by atoms with Crippen LogP contribution in [0.4, 0.5) is 0 Å². The Kier molecular flexibility index (Phi) is 4.43. The van der Waals surface area contributed by atoms with E-state index in [9.17, 15) is 0 Å². The molecule has 3 heteroatoms. The third kappa shape index (κ3) is 2.86. The Balaban J connectivity index is 3.05. The summed E-state index contributed by atoms with van der Waals surface area (Å²) in [5.41, 5.74) is 1.08. The summed E-state index contributed by atoms with van der Waals surface area (Å²) < 4.78 is 15.8. The van der Waals surface area contributed by atoms with Gasteiger partial charge in [0.1, 0.15) is 11.5 Å². The number of ether oxygens (including phenoxy) is 3. The lowest BCUT2D eigenvalue weighted by atomic mass is 10.1. The fourth-order valence-corrected chi connectivity index (χ4v) is 1.55. The molecule has 84 valence electrons. The van der Waals surface area contributed by atoms with E-state index in [1.54, 1.807) is 21.3 Å². The van der Waals surface area contributed by atoms with Crippen LogP contribution in [0.5, 0.6) is 11.5 Å². The van der Waals surface area contributed by atoms with E-state index in [2.05, 4.69) is 6.92 Å². The lowest BCUT2D eigenvalue weighted by molar-refractivity contribution is 0.0996. The highest BCUT2D eigenvalue weighted by atomic mass is 16.5. The lowest BCUT2D eigenvalue weighted by Gasteiger charge is -2.15. The first kappa shape index (κ1) is 11.9. The molecule has 1 rings (SSSR count). The van der Waals surface area contributed by atoms with Gasteiger partial charge in [-0.15, -0.1) is 0 Å². The summed E-state index contributed by atoms with van der Waals surface area (Å²) in [6.07, 6.45) is 1.02. The number of benzene rings is 1. The van der Waals surface area contributed by atoms with Gasteiger partial charge in [-0.1, -0.05) is 6.92 Å². The topological polar surface area (TPSA) is 27.7 Å². The van der Waals surface area contributed by atoms with E-state index in [1.165, 1.54) is 0 Å². The second-order valence-electron chi connectivity index (χ2n) is 3.28. The molecule has 15 heavy (non-hydrogen) atoms. The van der Waals surface area contributed by atoms with Crippen molar-refractivity contribution in [3.63, 3.8) is 0 Å². The molecule has 0 spiro atoms. The molecule has 0 aliphatic carbocycles. The minimum absolute atomic E-state index is 0.0917. The molecule has 1 atom stereocenters. The Hall–Kier alpha value is -1.22. The van der Waals surface area contributed by atoms with Gasteiger partial charge in [-0.05, 0) is 24.1 Å². The molecule has 1 aromatic carbocycles. The van der Waals surface area contributed by atoms with Crippen LogP contribution in [0.1, 0.15) is 25.0 Å². The Bertz CT molecular complexity index is 283. The Morgan fingerprint density at radius 1 is 1.00 bits per heavy atom. The standard InChI is InChI=1S/C12H18O3/c1-5-12(15-4)9-6-10(13-2)8-11(7-9)14-3/h6-8,12H,5H2,1-4H3. The van der Waals surface area contributed by atoms with Crippen molar-refractivity contribution < 1.29 is 14.2 Å². The summed E-state index contributed by atoms with van der Waals surface area (Å²) in [4.78, 5) is 0. The van der Waals surface area contributed by atoms with E-state index in [4.69, 9.17) is 14.2 Å². The molecule has 0 N–H and O–H groups in total. The highest BCUT2D eigenvalue weighted by Crippen LogP contribution is 2.29. The van der Waals surface area contributed by atoms with Crippen LogP contribution in [0.2, 0.25) is 0 Å². The molecule has 0 aromatic heterocycles. The lowest BCUT2D eigenvalue weighted by Crippen LogP contribution is -2.00. The largest absolute Gasteiger partial charge is 0.497 e. The van der Waals surface area contributed by atoms with E-state index in [0.717, 1.165) is 23.5 Å². The summed E-state index contributed by atoms with van der Waals surface area (Å²) in [6.45, 7) is 2.08. The smallest absolute Gasteiger partial charge is 0.122 e. The first-order valence-corrected chi connectivity index (χ1v) is 5.00. The van der Waals surface area contributed by atoms with Crippen LogP contribution in [0.25, 0.3) is 0 Å². The number of methoxy groups -OCH3 is 3. The molecule has 1 aromatic rings. The normalized spacial score (nSPS) is 12.3. The molecule has 0 aliphatic rings. The van der Waals surface area contributed by atoms with Gasteiger partial charge >= 0.3 is 0 Å². The minimum Gasteiger partial charge on any atom is -0.497 e. The maximum Gasteiger partial charge on any atom is 0.122 e. The van der Waals surface area contributed by atoms with Crippen LogP contribution in [0.15, 0.2) is 18.2 Å². The first-order valence-electron chi connectivity index (χ1n) is 5.00. The number of hydrogen-bond donors (Lipinski definition) is 0. The Morgan fingerprint density at radius 2 is 1.53 bits per heavy atom. The maximum atomic E-state index is 5.37. The molecule has 0 fully saturated rings. The van der Waals surface area contributed by atoms with Crippen molar-refractivity contribution in [3.8, 4) is 11.5 Å². The molecule has 0 saturated carbocycles. The monoisotopic (exact) mass is 210 g/mol. The van der Waals surface area contributed by atoms with Crippen LogP contribution in [-0.2, 0) is 4.74 Å². The molecule has 0 radical (unpaired) electrons. The van der Waals surface area contributed by atoms with Gasteiger partial charge in [0.15, 0.2) is 0 Å². The second kappa shape index (κ2) is 5.61. The van der Waals surface area contributed by atoms with Crippen molar-refractivity contribution in [3.05, 3.63) is 23.8 Å². The van der Waals surface area contributed by atoms with E-state index >= 15 is 0 Å². The molecule has 0 saturated heterocycles. The highest BCUT2D eigenvalue weighted by molar-refractivity contribution is 5.39. The molecule has 0 heterocycles. The highest BCUT2D eigenvalue weighted by Gasteiger charge is 2.10. The number of rotatable bonds is 5. The first-order chi connectivity index (χ1) is 7.24. The van der Waals surface area contributed by atoms with Gasteiger partial charge in [-0.25, -0.2) is 0 Å². The molecule has 0 amide bonds. The summed E-state index contributed by atoms with van der Waals surface area (Å²) in [5, 5.41) is 0. The zero-order chi connectivity index (χ0) is 11.3. The maximum absolute atomic E-state index is 5.37. The van der Waals surface area contributed by atoms with E-state index in [0.29, 0.717) is 0 Å². The fourth-order valence-electron chi connectivity index (χ4n) is 1.55. The molecular weight excluding hydrogens is 192 g/mol. The van der Waals surface area contributed by atoms with Gasteiger partial charge in [-0.2, -0.15) is 0 Å². The van der Waals surface area contributed by atoms with Crippen LogP contribution in [-0.4, -0.2) is 21.3 Å². The van der Waals surface area contributed by atoms with Crippen LogP contribution in [0.3, 0.4) is 0 Å². The minimum atomic E-state index is 0.0917.